The number of rotatable bonds is 8. The molecule has 0 unspecified atom stereocenters. The van der Waals surface area contributed by atoms with E-state index < -0.39 is 0 Å². The third-order valence-corrected chi connectivity index (χ3v) is 7.11. The van der Waals surface area contributed by atoms with Gasteiger partial charge in [-0.05, 0) is 75.1 Å². The average molecular weight is 470 g/mol. The third kappa shape index (κ3) is 6.09. The van der Waals surface area contributed by atoms with Crippen LogP contribution in [0.1, 0.15) is 80.0 Å². The number of aryl methyl sites for hydroxylation is 1. The van der Waals surface area contributed by atoms with Gasteiger partial charge in [0.1, 0.15) is 5.75 Å². The van der Waals surface area contributed by atoms with E-state index in [2.05, 4.69) is 28.9 Å². The summed E-state index contributed by atoms with van der Waals surface area (Å²) >= 11 is 0. The van der Waals surface area contributed by atoms with Crippen LogP contribution in [0.5, 0.6) is 5.75 Å². The van der Waals surface area contributed by atoms with Crippen LogP contribution >= 0.6 is 0 Å². The maximum absolute atomic E-state index is 12.8. The van der Waals surface area contributed by atoms with Crippen LogP contribution in [0.3, 0.4) is 0 Å². The van der Waals surface area contributed by atoms with Crippen LogP contribution < -0.4 is 15.4 Å². The van der Waals surface area contributed by atoms with Crippen molar-refractivity contribution in [2.75, 3.05) is 37.7 Å². The molecule has 0 bridgehead atoms. The van der Waals surface area contributed by atoms with Crippen LogP contribution in [-0.2, 0) is 0 Å². The van der Waals surface area contributed by atoms with Crippen LogP contribution in [0, 0.1) is 12.8 Å². The lowest BCUT2D eigenvalue weighted by atomic mass is 9.92. The molecule has 8 nitrogen and oxygen atoms in total. The van der Waals surface area contributed by atoms with Crippen molar-refractivity contribution in [3.63, 3.8) is 0 Å². The monoisotopic (exact) mass is 469 g/mol. The molecule has 1 aromatic carbocycles. The number of ether oxygens (including phenoxy) is 1. The molecule has 186 valence electrons. The number of anilines is 1. The molecule has 0 radical (unpaired) electrons. The summed E-state index contributed by atoms with van der Waals surface area (Å²) in [5.41, 5.74) is 7.69. The Bertz CT molecular complexity index is 944. The van der Waals surface area contributed by atoms with Crippen molar-refractivity contribution in [1.29, 1.82) is 0 Å². The van der Waals surface area contributed by atoms with Gasteiger partial charge in [-0.2, -0.15) is 4.98 Å². The molecule has 8 heteroatoms. The zero-order chi connectivity index (χ0) is 24.1. The van der Waals surface area contributed by atoms with E-state index in [9.17, 15) is 4.79 Å². The number of aromatic nitrogens is 2. The van der Waals surface area contributed by atoms with Crippen molar-refractivity contribution in [1.82, 2.24) is 15.0 Å². The van der Waals surface area contributed by atoms with Gasteiger partial charge in [0.2, 0.25) is 0 Å². The second-order valence-electron chi connectivity index (χ2n) is 10.1. The molecule has 0 atom stereocenters. The van der Waals surface area contributed by atoms with Gasteiger partial charge in [-0.15, -0.1) is 0 Å². The smallest absolute Gasteiger partial charge is 0.324 e. The van der Waals surface area contributed by atoms with E-state index in [4.69, 9.17) is 15.0 Å². The van der Waals surface area contributed by atoms with Crippen LogP contribution in [0.15, 0.2) is 22.7 Å². The number of carbonyl (C=O) groups is 1. The van der Waals surface area contributed by atoms with Crippen LogP contribution in [-0.4, -0.2) is 59.8 Å². The Morgan fingerprint density at radius 1 is 1.18 bits per heavy atom. The molecular formula is C26H39N5O3. The maximum atomic E-state index is 12.8. The Hall–Kier alpha value is -2.61. The molecule has 3 heterocycles. The van der Waals surface area contributed by atoms with Crippen molar-refractivity contribution < 1.29 is 14.1 Å². The second kappa shape index (κ2) is 11.2. The lowest BCUT2D eigenvalue weighted by molar-refractivity contribution is 0.0714. The van der Waals surface area contributed by atoms with E-state index in [1.165, 1.54) is 0 Å². The summed E-state index contributed by atoms with van der Waals surface area (Å²) in [5, 5.41) is 4.08. The molecule has 0 aliphatic carbocycles. The average Bonchev–Trinajstić information content (AvgIpc) is 3.33. The van der Waals surface area contributed by atoms with Gasteiger partial charge < -0.3 is 24.8 Å². The Morgan fingerprint density at radius 3 is 2.56 bits per heavy atom. The molecule has 2 aliphatic heterocycles. The normalized spacial score (nSPS) is 18.0. The molecular weight excluding hydrogens is 430 g/mol. The third-order valence-electron chi connectivity index (χ3n) is 7.11. The topological polar surface area (TPSA) is 97.7 Å². The van der Waals surface area contributed by atoms with Gasteiger partial charge in [0.05, 0.1) is 6.61 Å². The van der Waals surface area contributed by atoms with Gasteiger partial charge in [-0.25, -0.2) is 0 Å². The van der Waals surface area contributed by atoms with E-state index in [0.717, 1.165) is 87.4 Å². The summed E-state index contributed by atoms with van der Waals surface area (Å²) in [6.07, 6.45) is 6.20. The van der Waals surface area contributed by atoms with Gasteiger partial charge in [-0.3, -0.25) is 4.79 Å². The predicted molar refractivity (Wildman–Crippen MR) is 132 cm³/mol. The SMILES string of the molecule is Cc1cc(OCCCC2CCN(c3nc(C(C)C)no3)CC2)ccc1C(=O)N1CCC(N)CC1. The molecule has 0 saturated carbocycles. The molecule has 34 heavy (non-hydrogen) atoms. The molecule has 1 amide bonds. The first-order chi connectivity index (χ1) is 16.4. The molecule has 2 N–H and O–H groups in total. The maximum Gasteiger partial charge on any atom is 0.324 e. The first kappa shape index (κ1) is 24.5. The first-order valence-electron chi connectivity index (χ1n) is 12.8. The van der Waals surface area contributed by atoms with Gasteiger partial charge in [0.15, 0.2) is 5.82 Å². The molecule has 2 aromatic rings. The van der Waals surface area contributed by atoms with E-state index in [-0.39, 0.29) is 17.9 Å². The minimum absolute atomic E-state index is 0.100. The number of likely N-dealkylation sites (tertiary alicyclic amines) is 1. The Kier molecular flexibility index (Phi) is 8.08. The summed E-state index contributed by atoms with van der Waals surface area (Å²) in [6, 6.07) is 6.68. The number of nitrogens with two attached hydrogens (primary N) is 1. The summed E-state index contributed by atoms with van der Waals surface area (Å²) < 4.78 is 11.4. The highest BCUT2D eigenvalue weighted by atomic mass is 16.5. The standard InChI is InChI=1S/C26H39N5O3/c1-18(2)24-28-26(34-29-24)31-12-8-20(9-13-31)5-4-16-33-22-6-7-23(19(3)17-22)25(32)30-14-10-21(27)11-15-30/h6-7,17-18,20-21H,4-5,8-16,27H2,1-3H3. The summed E-state index contributed by atoms with van der Waals surface area (Å²) in [6.45, 7) is 10.2. The minimum Gasteiger partial charge on any atom is -0.494 e. The number of benzene rings is 1. The van der Waals surface area contributed by atoms with E-state index in [1.54, 1.807) is 0 Å². The highest BCUT2D eigenvalue weighted by Gasteiger charge is 2.24. The summed E-state index contributed by atoms with van der Waals surface area (Å²) in [7, 11) is 0. The van der Waals surface area contributed by atoms with E-state index >= 15 is 0 Å². The molecule has 4 rings (SSSR count). The van der Waals surface area contributed by atoms with Crippen LogP contribution in [0.25, 0.3) is 0 Å². The van der Waals surface area contributed by atoms with Crippen molar-refractivity contribution >= 4 is 11.9 Å². The number of amides is 1. The highest BCUT2D eigenvalue weighted by molar-refractivity contribution is 5.95. The fourth-order valence-electron chi connectivity index (χ4n) is 4.80. The van der Waals surface area contributed by atoms with Crippen LogP contribution in [0.4, 0.5) is 6.01 Å². The predicted octanol–water partition coefficient (Wildman–Crippen LogP) is 4.14. The van der Waals surface area contributed by atoms with Crippen LogP contribution in [0.2, 0.25) is 0 Å². The number of carbonyl (C=O) groups excluding carboxylic acids is 1. The van der Waals surface area contributed by atoms with Crippen molar-refractivity contribution in [3.8, 4) is 5.75 Å². The Balaban J connectivity index is 1.17. The number of piperidine rings is 2. The van der Waals surface area contributed by atoms with Gasteiger partial charge in [0, 0.05) is 43.7 Å². The fraction of sp³-hybridized carbons (Fsp3) is 0.654. The zero-order valence-corrected chi connectivity index (χ0v) is 20.8. The molecule has 1 aromatic heterocycles. The van der Waals surface area contributed by atoms with Gasteiger partial charge >= 0.3 is 6.01 Å². The van der Waals surface area contributed by atoms with Gasteiger partial charge in [0.25, 0.3) is 5.91 Å². The van der Waals surface area contributed by atoms with E-state index in [1.807, 2.05) is 30.0 Å². The lowest BCUT2D eigenvalue weighted by Gasteiger charge is -2.30. The summed E-state index contributed by atoms with van der Waals surface area (Å²) in [4.78, 5) is 21.5. The first-order valence-corrected chi connectivity index (χ1v) is 12.8. The number of nitrogens with zero attached hydrogens (tertiary/aromatic N) is 4. The zero-order valence-electron chi connectivity index (χ0n) is 20.8. The Labute approximate surface area is 202 Å². The van der Waals surface area contributed by atoms with Crippen molar-refractivity contribution in [2.45, 2.75) is 71.3 Å². The molecule has 2 fully saturated rings. The molecule has 2 aliphatic rings. The molecule has 2 saturated heterocycles. The van der Waals surface area contributed by atoms with E-state index in [0.29, 0.717) is 18.5 Å². The number of hydrogen-bond donors (Lipinski definition) is 1. The van der Waals surface area contributed by atoms with Gasteiger partial charge in [-0.1, -0.05) is 19.0 Å². The highest BCUT2D eigenvalue weighted by Crippen LogP contribution is 2.26. The fourth-order valence-corrected chi connectivity index (χ4v) is 4.80. The molecule has 0 spiro atoms. The quantitative estimate of drug-likeness (QED) is 0.580. The summed E-state index contributed by atoms with van der Waals surface area (Å²) in [5.74, 6) is 2.69. The largest absolute Gasteiger partial charge is 0.494 e. The lowest BCUT2D eigenvalue weighted by Crippen LogP contribution is -2.43. The minimum atomic E-state index is 0.100. The number of hydrogen-bond acceptors (Lipinski definition) is 7. The van der Waals surface area contributed by atoms with Crippen molar-refractivity contribution in [2.24, 2.45) is 11.7 Å². The van der Waals surface area contributed by atoms with Crippen molar-refractivity contribution in [3.05, 3.63) is 35.2 Å². The second-order valence-corrected chi connectivity index (χ2v) is 10.1. The Morgan fingerprint density at radius 2 is 1.91 bits per heavy atom.